The highest BCUT2D eigenvalue weighted by atomic mass is 14.5. The Bertz CT molecular complexity index is 113. The fourth-order valence-corrected chi connectivity index (χ4v) is 2.69. The van der Waals surface area contributed by atoms with Crippen molar-refractivity contribution in [3.63, 3.8) is 0 Å². The summed E-state index contributed by atoms with van der Waals surface area (Å²) < 4.78 is 0. The second kappa shape index (κ2) is 1.74. The molecule has 2 atom stereocenters. The molecule has 0 N–H and O–H groups in total. The van der Waals surface area contributed by atoms with Gasteiger partial charge in [0.05, 0.1) is 0 Å². The van der Waals surface area contributed by atoms with Crippen LogP contribution in [-0.2, 0) is 0 Å². The monoisotopic (exact) mass is 123 g/mol. The average Bonchev–Trinajstić information content (AvgIpc) is 2.10. The molecule has 0 amide bonds. The molecule has 2 aliphatic rings. The standard InChI is InChI=1S/C9H15/c1-2-9-6-3-4-8(9)5-7-9/h8H,1-7H2. The van der Waals surface area contributed by atoms with E-state index in [9.17, 15) is 0 Å². The molecule has 2 saturated carbocycles. The minimum Gasteiger partial charge on any atom is -0.0527 e. The zero-order valence-electron chi connectivity index (χ0n) is 6.03. The molecular weight excluding hydrogens is 108 g/mol. The van der Waals surface area contributed by atoms with Crippen LogP contribution in [0.1, 0.15) is 38.5 Å². The van der Waals surface area contributed by atoms with Crippen LogP contribution in [0.3, 0.4) is 0 Å². The Morgan fingerprint density at radius 3 is 2.56 bits per heavy atom. The third-order valence-corrected chi connectivity index (χ3v) is 3.58. The minimum atomic E-state index is 0.764. The van der Waals surface area contributed by atoms with Gasteiger partial charge in [-0.1, -0.05) is 13.3 Å². The van der Waals surface area contributed by atoms with E-state index in [1.807, 2.05) is 0 Å². The normalized spacial score (nSPS) is 48.3. The highest BCUT2D eigenvalue weighted by Crippen LogP contribution is 2.59. The van der Waals surface area contributed by atoms with Gasteiger partial charge >= 0.3 is 0 Å². The zero-order valence-corrected chi connectivity index (χ0v) is 6.03. The van der Waals surface area contributed by atoms with Crippen LogP contribution in [0.25, 0.3) is 0 Å². The van der Waals surface area contributed by atoms with Crippen LogP contribution in [0.5, 0.6) is 0 Å². The molecule has 2 aliphatic carbocycles. The van der Waals surface area contributed by atoms with Gasteiger partial charge in [0.15, 0.2) is 0 Å². The lowest BCUT2D eigenvalue weighted by Gasteiger charge is -2.44. The third-order valence-electron chi connectivity index (χ3n) is 3.58. The van der Waals surface area contributed by atoms with Crippen molar-refractivity contribution in [1.29, 1.82) is 0 Å². The lowest BCUT2D eigenvalue weighted by Crippen LogP contribution is -2.34. The number of rotatable bonds is 1. The predicted molar refractivity (Wildman–Crippen MR) is 39.0 cm³/mol. The molecule has 0 heterocycles. The van der Waals surface area contributed by atoms with Crippen molar-refractivity contribution in [1.82, 2.24) is 0 Å². The summed E-state index contributed by atoms with van der Waals surface area (Å²) in [4.78, 5) is 0. The molecule has 2 unspecified atom stereocenters. The SMILES string of the molecule is [CH2]CC12CCCC1CC2. The van der Waals surface area contributed by atoms with Crippen LogP contribution >= 0.6 is 0 Å². The lowest BCUT2D eigenvalue weighted by atomic mass is 9.61. The highest BCUT2D eigenvalue weighted by molar-refractivity contribution is 4.99. The molecule has 51 valence electrons. The molecule has 1 radical (unpaired) electrons. The molecule has 0 spiro atoms. The van der Waals surface area contributed by atoms with Gasteiger partial charge in [-0.3, -0.25) is 0 Å². The topological polar surface area (TPSA) is 0 Å². The molecule has 0 nitrogen and oxygen atoms in total. The van der Waals surface area contributed by atoms with Crippen LogP contribution < -0.4 is 0 Å². The first-order chi connectivity index (χ1) is 4.37. The fourth-order valence-electron chi connectivity index (χ4n) is 2.69. The summed E-state index contributed by atoms with van der Waals surface area (Å²) in [7, 11) is 0. The third kappa shape index (κ3) is 0.595. The molecule has 9 heavy (non-hydrogen) atoms. The van der Waals surface area contributed by atoms with Crippen molar-refractivity contribution >= 4 is 0 Å². The maximum atomic E-state index is 4.04. The van der Waals surface area contributed by atoms with E-state index in [2.05, 4.69) is 6.92 Å². The van der Waals surface area contributed by atoms with Crippen LogP contribution in [0.2, 0.25) is 0 Å². The van der Waals surface area contributed by atoms with Crippen molar-refractivity contribution < 1.29 is 0 Å². The van der Waals surface area contributed by atoms with Crippen LogP contribution in [-0.4, -0.2) is 0 Å². The Kier molecular flexibility index (Phi) is 1.12. The van der Waals surface area contributed by atoms with E-state index in [1.165, 1.54) is 38.5 Å². The summed E-state index contributed by atoms with van der Waals surface area (Å²) in [5, 5.41) is 0. The predicted octanol–water partition coefficient (Wildman–Crippen LogP) is 2.79. The molecule has 0 aromatic heterocycles. The van der Waals surface area contributed by atoms with Crippen molar-refractivity contribution in [2.75, 3.05) is 0 Å². The number of hydrogen-bond donors (Lipinski definition) is 0. The first kappa shape index (κ1) is 5.76. The summed E-state index contributed by atoms with van der Waals surface area (Å²) in [5.41, 5.74) is 0.764. The van der Waals surface area contributed by atoms with Gasteiger partial charge in [-0.15, -0.1) is 0 Å². The van der Waals surface area contributed by atoms with Gasteiger partial charge in [-0.25, -0.2) is 0 Å². The zero-order chi connectivity index (χ0) is 6.32. The number of hydrogen-bond acceptors (Lipinski definition) is 0. The Hall–Kier alpha value is 0. The van der Waals surface area contributed by atoms with E-state index in [0.29, 0.717) is 0 Å². The van der Waals surface area contributed by atoms with E-state index in [4.69, 9.17) is 0 Å². The largest absolute Gasteiger partial charge is 0.0527 e. The molecular formula is C9H15. The molecule has 0 aromatic carbocycles. The maximum absolute atomic E-state index is 4.04. The molecule has 0 saturated heterocycles. The summed E-state index contributed by atoms with van der Waals surface area (Å²) >= 11 is 0. The van der Waals surface area contributed by atoms with Crippen molar-refractivity contribution in [2.45, 2.75) is 38.5 Å². The minimum absolute atomic E-state index is 0.764. The summed E-state index contributed by atoms with van der Waals surface area (Å²) in [6, 6.07) is 0. The number of fused-ring (bicyclic) bond motifs is 1. The molecule has 0 aromatic rings. The van der Waals surface area contributed by atoms with Crippen molar-refractivity contribution in [3.05, 3.63) is 6.92 Å². The molecule has 0 heteroatoms. The maximum Gasteiger partial charge on any atom is -0.0269 e. The average molecular weight is 123 g/mol. The fraction of sp³-hybridized carbons (Fsp3) is 0.889. The first-order valence-electron chi connectivity index (χ1n) is 4.17. The lowest BCUT2D eigenvalue weighted by molar-refractivity contribution is 0.0675. The Labute approximate surface area is 57.6 Å². The highest BCUT2D eigenvalue weighted by Gasteiger charge is 2.47. The van der Waals surface area contributed by atoms with Crippen molar-refractivity contribution in [3.8, 4) is 0 Å². The van der Waals surface area contributed by atoms with Crippen molar-refractivity contribution in [2.24, 2.45) is 11.3 Å². The summed E-state index contributed by atoms with van der Waals surface area (Å²) in [5.74, 6) is 1.09. The Balaban J connectivity index is 2.10. The second-order valence-electron chi connectivity index (χ2n) is 3.74. The van der Waals surface area contributed by atoms with E-state index in [1.54, 1.807) is 0 Å². The van der Waals surface area contributed by atoms with E-state index in [-0.39, 0.29) is 0 Å². The molecule has 0 aliphatic heterocycles. The van der Waals surface area contributed by atoms with Gasteiger partial charge in [0, 0.05) is 0 Å². The van der Waals surface area contributed by atoms with Gasteiger partial charge < -0.3 is 0 Å². The first-order valence-corrected chi connectivity index (χ1v) is 4.17. The quantitative estimate of drug-likeness (QED) is 0.503. The van der Waals surface area contributed by atoms with Crippen LogP contribution in [0, 0.1) is 18.3 Å². The van der Waals surface area contributed by atoms with E-state index < -0.39 is 0 Å². The van der Waals surface area contributed by atoms with Crippen LogP contribution in [0.15, 0.2) is 0 Å². The van der Waals surface area contributed by atoms with Gasteiger partial charge in [0.25, 0.3) is 0 Å². The van der Waals surface area contributed by atoms with Gasteiger partial charge in [0.2, 0.25) is 0 Å². The Morgan fingerprint density at radius 1 is 1.33 bits per heavy atom. The molecule has 2 rings (SSSR count). The summed E-state index contributed by atoms with van der Waals surface area (Å²) in [6.07, 6.45) is 8.69. The Morgan fingerprint density at radius 2 is 2.22 bits per heavy atom. The molecule has 2 fully saturated rings. The molecule has 0 bridgehead atoms. The van der Waals surface area contributed by atoms with E-state index in [0.717, 1.165) is 11.3 Å². The van der Waals surface area contributed by atoms with Gasteiger partial charge in [-0.05, 0) is 43.4 Å². The second-order valence-corrected chi connectivity index (χ2v) is 3.74. The van der Waals surface area contributed by atoms with Gasteiger partial charge in [-0.2, -0.15) is 0 Å². The van der Waals surface area contributed by atoms with Gasteiger partial charge in [0.1, 0.15) is 0 Å². The van der Waals surface area contributed by atoms with E-state index >= 15 is 0 Å². The summed E-state index contributed by atoms with van der Waals surface area (Å²) in [6.45, 7) is 4.04. The van der Waals surface area contributed by atoms with Crippen LogP contribution in [0.4, 0.5) is 0 Å². The smallest absolute Gasteiger partial charge is 0.0269 e.